The number of phenols is 1. The number of aromatic hydroxyl groups is 1. The molecule has 0 atom stereocenters. The number of ketones is 1. The molecule has 0 saturated carbocycles. The first-order valence-corrected chi connectivity index (χ1v) is 4.27. The van der Waals surface area contributed by atoms with Gasteiger partial charge in [0.1, 0.15) is 30.7 Å². The van der Waals surface area contributed by atoms with Crippen LogP contribution in [0.4, 0.5) is 0 Å². The zero-order chi connectivity index (χ0) is 11.6. The Morgan fingerprint density at radius 2 is 2.00 bits per heavy atom. The molecule has 0 bridgehead atoms. The van der Waals surface area contributed by atoms with E-state index in [0.717, 1.165) is 0 Å². The minimum absolute atomic E-state index is 0.0656. The average molecular weight is 206 g/mol. The van der Waals surface area contributed by atoms with Gasteiger partial charge in [-0.05, 0) is 12.4 Å². The fraction of sp³-hybridized carbons (Fsp3) is 0.300. The molecule has 0 spiro atoms. The van der Waals surface area contributed by atoms with Gasteiger partial charge in [0.05, 0.1) is 14.2 Å². The smallest absolute Gasteiger partial charge is 0.167 e. The van der Waals surface area contributed by atoms with E-state index in [1.807, 2.05) is 0 Å². The number of hydrogen-bond acceptors (Lipinski definition) is 4. The van der Waals surface area contributed by atoms with Crippen molar-refractivity contribution in [2.75, 3.05) is 14.2 Å². The SMILES string of the molecule is [B]c1c(OC)cc(O)c(C(C)=O)c1OC. The number of phenolic OH excluding ortho intramolecular Hbond substituents is 1. The molecular formula is C10H11BO4. The quantitative estimate of drug-likeness (QED) is 0.574. The van der Waals surface area contributed by atoms with E-state index >= 15 is 0 Å². The Balaban J connectivity index is 3.53. The van der Waals surface area contributed by atoms with Crippen LogP contribution < -0.4 is 14.9 Å². The summed E-state index contributed by atoms with van der Waals surface area (Å²) in [5.41, 5.74) is 0.263. The van der Waals surface area contributed by atoms with E-state index in [1.54, 1.807) is 0 Å². The minimum Gasteiger partial charge on any atom is -0.507 e. The lowest BCUT2D eigenvalue weighted by molar-refractivity contribution is 0.101. The van der Waals surface area contributed by atoms with Crippen LogP contribution in [0.15, 0.2) is 6.07 Å². The number of carbonyl (C=O) groups is 1. The van der Waals surface area contributed by atoms with Crippen LogP contribution in [-0.2, 0) is 0 Å². The molecule has 0 heterocycles. The molecule has 1 aromatic rings. The lowest BCUT2D eigenvalue weighted by Crippen LogP contribution is -2.15. The number of Topliss-reactive ketones (excluding diaryl/α,β-unsaturated/α-hetero) is 1. The first kappa shape index (κ1) is 11.4. The molecule has 0 aliphatic heterocycles. The molecule has 0 fully saturated rings. The van der Waals surface area contributed by atoms with E-state index in [4.69, 9.17) is 17.3 Å². The van der Waals surface area contributed by atoms with Crippen LogP contribution in [0.3, 0.4) is 0 Å². The molecular weight excluding hydrogens is 195 g/mol. The minimum atomic E-state index is -0.321. The van der Waals surface area contributed by atoms with Gasteiger partial charge >= 0.3 is 0 Å². The van der Waals surface area contributed by atoms with E-state index in [1.165, 1.54) is 27.2 Å². The van der Waals surface area contributed by atoms with Gasteiger partial charge in [-0.3, -0.25) is 4.79 Å². The van der Waals surface area contributed by atoms with Gasteiger partial charge in [-0.2, -0.15) is 0 Å². The third-order valence-corrected chi connectivity index (χ3v) is 2.04. The van der Waals surface area contributed by atoms with Gasteiger partial charge < -0.3 is 14.6 Å². The van der Waals surface area contributed by atoms with Crippen LogP contribution in [0.5, 0.6) is 17.2 Å². The molecule has 1 rings (SSSR count). The van der Waals surface area contributed by atoms with Gasteiger partial charge in [-0.25, -0.2) is 0 Å². The van der Waals surface area contributed by atoms with Crippen molar-refractivity contribution in [3.63, 3.8) is 0 Å². The number of carbonyl (C=O) groups excluding carboxylic acids is 1. The summed E-state index contributed by atoms with van der Waals surface area (Å²) in [6.07, 6.45) is 0. The molecule has 1 aromatic carbocycles. The van der Waals surface area contributed by atoms with E-state index < -0.39 is 0 Å². The Morgan fingerprint density at radius 3 is 2.40 bits per heavy atom. The second-order valence-corrected chi connectivity index (χ2v) is 2.98. The topological polar surface area (TPSA) is 55.8 Å². The molecule has 0 saturated heterocycles. The summed E-state index contributed by atoms with van der Waals surface area (Å²) in [4.78, 5) is 11.3. The third kappa shape index (κ3) is 1.91. The Hall–Kier alpha value is -1.65. The van der Waals surface area contributed by atoms with Crippen molar-refractivity contribution in [1.29, 1.82) is 0 Å². The fourth-order valence-corrected chi connectivity index (χ4v) is 1.36. The van der Waals surface area contributed by atoms with Crippen molar-refractivity contribution in [1.82, 2.24) is 0 Å². The summed E-state index contributed by atoms with van der Waals surface area (Å²) >= 11 is 0. The highest BCUT2D eigenvalue weighted by molar-refractivity contribution is 6.37. The van der Waals surface area contributed by atoms with Crippen molar-refractivity contribution in [2.24, 2.45) is 0 Å². The number of benzene rings is 1. The van der Waals surface area contributed by atoms with Gasteiger partial charge in [0.2, 0.25) is 0 Å². The molecule has 78 valence electrons. The molecule has 1 N–H and O–H groups in total. The molecule has 0 aliphatic rings. The van der Waals surface area contributed by atoms with Crippen LogP contribution in [0, 0.1) is 0 Å². The fourth-order valence-electron chi connectivity index (χ4n) is 1.36. The van der Waals surface area contributed by atoms with Crippen molar-refractivity contribution in [3.05, 3.63) is 11.6 Å². The van der Waals surface area contributed by atoms with Crippen LogP contribution in [0.25, 0.3) is 0 Å². The van der Waals surface area contributed by atoms with Crippen molar-refractivity contribution in [3.8, 4) is 17.2 Å². The van der Waals surface area contributed by atoms with Crippen LogP contribution in [-0.4, -0.2) is 33.0 Å². The predicted octanol–water partition coefficient (Wildman–Crippen LogP) is 0.406. The number of hydrogen-bond donors (Lipinski definition) is 1. The molecule has 0 amide bonds. The average Bonchev–Trinajstić information content (AvgIpc) is 2.19. The highest BCUT2D eigenvalue weighted by Gasteiger charge is 2.19. The Labute approximate surface area is 89.2 Å². The number of rotatable bonds is 3. The molecule has 2 radical (unpaired) electrons. The Morgan fingerprint density at radius 1 is 1.40 bits per heavy atom. The van der Waals surface area contributed by atoms with Gasteiger partial charge in [0.25, 0.3) is 0 Å². The van der Waals surface area contributed by atoms with Gasteiger partial charge in [0.15, 0.2) is 5.78 Å². The molecule has 4 nitrogen and oxygen atoms in total. The second kappa shape index (κ2) is 4.25. The first-order chi connectivity index (χ1) is 7.02. The maximum Gasteiger partial charge on any atom is 0.167 e. The van der Waals surface area contributed by atoms with Crippen LogP contribution in [0.2, 0.25) is 0 Å². The van der Waals surface area contributed by atoms with Crippen molar-refractivity contribution < 1.29 is 19.4 Å². The monoisotopic (exact) mass is 206 g/mol. The Bertz CT molecular complexity index is 401. The van der Waals surface area contributed by atoms with Crippen molar-refractivity contribution >= 4 is 19.1 Å². The number of methoxy groups -OCH3 is 2. The third-order valence-electron chi connectivity index (χ3n) is 2.04. The molecule has 0 aliphatic carbocycles. The second-order valence-electron chi connectivity index (χ2n) is 2.98. The summed E-state index contributed by atoms with van der Waals surface area (Å²) in [6.45, 7) is 1.32. The molecule has 5 heteroatoms. The van der Waals surface area contributed by atoms with E-state index in [2.05, 4.69) is 0 Å². The van der Waals surface area contributed by atoms with Gasteiger partial charge in [-0.1, -0.05) is 0 Å². The maximum absolute atomic E-state index is 11.3. The van der Waals surface area contributed by atoms with Gasteiger partial charge in [-0.15, -0.1) is 0 Å². The largest absolute Gasteiger partial charge is 0.507 e. The van der Waals surface area contributed by atoms with E-state index in [0.29, 0.717) is 0 Å². The van der Waals surface area contributed by atoms with Gasteiger partial charge in [0, 0.05) is 6.07 Å². The summed E-state index contributed by atoms with van der Waals surface area (Å²) in [5, 5.41) is 9.59. The van der Waals surface area contributed by atoms with E-state index in [9.17, 15) is 9.90 Å². The predicted molar refractivity (Wildman–Crippen MR) is 56.6 cm³/mol. The van der Waals surface area contributed by atoms with Crippen LogP contribution >= 0.6 is 0 Å². The normalized spacial score (nSPS) is 9.80. The molecule has 0 aromatic heterocycles. The van der Waals surface area contributed by atoms with Crippen LogP contribution in [0.1, 0.15) is 17.3 Å². The Kier molecular flexibility index (Phi) is 3.24. The summed E-state index contributed by atoms with van der Waals surface area (Å²) in [7, 11) is 8.49. The van der Waals surface area contributed by atoms with Crippen molar-refractivity contribution in [2.45, 2.75) is 6.92 Å². The maximum atomic E-state index is 11.3. The van der Waals surface area contributed by atoms with E-state index in [-0.39, 0.29) is 34.1 Å². The molecule has 15 heavy (non-hydrogen) atoms. The number of ether oxygens (including phenoxy) is 2. The first-order valence-electron chi connectivity index (χ1n) is 4.27. The summed E-state index contributed by atoms with van der Waals surface area (Å²) in [6, 6.07) is 1.29. The summed E-state index contributed by atoms with van der Waals surface area (Å²) < 4.78 is 9.90. The standard InChI is InChI=1S/C10H11BO4/c1-5(12)8-6(13)4-7(14-2)9(11)10(8)15-3/h4,13H,1-3H3. The zero-order valence-corrected chi connectivity index (χ0v) is 8.83. The summed E-state index contributed by atoms with van der Waals surface area (Å²) in [5.74, 6) is -0.113. The highest BCUT2D eigenvalue weighted by Crippen LogP contribution is 2.30. The lowest BCUT2D eigenvalue weighted by atomic mass is 9.90. The highest BCUT2D eigenvalue weighted by atomic mass is 16.5. The lowest BCUT2D eigenvalue weighted by Gasteiger charge is -2.14. The molecule has 0 unspecified atom stereocenters. The zero-order valence-electron chi connectivity index (χ0n) is 8.83.